The molecule has 0 spiro atoms. The zero-order valence-corrected chi connectivity index (χ0v) is 22.0. The normalized spacial score (nSPS) is 13.9. The quantitative estimate of drug-likeness (QED) is 0.138. The molecule has 0 saturated carbocycles. The smallest absolute Gasteiger partial charge is 0.384 e. The molecule has 1 aromatic rings. The lowest BCUT2D eigenvalue weighted by atomic mass is 10.0. The molecule has 5 nitrogen and oxygen atoms in total. The fourth-order valence-corrected chi connectivity index (χ4v) is 4.13. The van der Waals surface area contributed by atoms with Crippen LogP contribution in [0.3, 0.4) is 0 Å². The van der Waals surface area contributed by atoms with Gasteiger partial charge in [0.1, 0.15) is 5.75 Å². The van der Waals surface area contributed by atoms with E-state index in [-0.39, 0.29) is 17.1 Å². The maximum atomic E-state index is 11.4. The molecule has 0 amide bonds. The van der Waals surface area contributed by atoms with Gasteiger partial charge in [0.2, 0.25) is 0 Å². The van der Waals surface area contributed by atoms with Crippen molar-refractivity contribution in [2.24, 2.45) is 5.92 Å². The largest absolute Gasteiger partial charge is 0.497 e. The Kier molecular flexibility index (Phi) is 11.8. The summed E-state index contributed by atoms with van der Waals surface area (Å²) in [5, 5.41) is 0.113. The van der Waals surface area contributed by atoms with Crippen molar-refractivity contribution in [1.82, 2.24) is 0 Å². The molecule has 0 aliphatic rings. The van der Waals surface area contributed by atoms with E-state index in [9.17, 15) is 4.79 Å². The first-order valence-corrected chi connectivity index (χ1v) is 14.1. The Bertz CT molecular complexity index is 781. The van der Waals surface area contributed by atoms with Crippen LogP contribution in [0.1, 0.15) is 46.6 Å². The average molecular weight is 461 g/mol. The molecule has 0 aliphatic heterocycles. The molecular weight excluding hydrogens is 420 g/mol. The van der Waals surface area contributed by atoms with E-state index >= 15 is 0 Å². The van der Waals surface area contributed by atoms with E-state index in [2.05, 4.69) is 52.6 Å². The number of rotatable bonds is 11. The van der Waals surface area contributed by atoms with Crippen LogP contribution >= 0.6 is 0 Å². The zero-order chi connectivity index (χ0) is 24.2. The minimum absolute atomic E-state index is 0.00685. The van der Waals surface area contributed by atoms with Crippen LogP contribution in [-0.4, -0.2) is 40.7 Å². The number of allylic oxidation sites excluding steroid dienone is 1. The van der Waals surface area contributed by atoms with Crippen LogP contribution in [0.2, 0.25) is 18.1 Å². The maximum Gasteiger partial charge on any atom is 0.384 e. The molecule has 0 bridgehead atoms. The van der Waals surface area contributed by atoms with Crippen LogP contribution in [-0.2, 0) is 25.3 Å². The van der Waals surface area contributed by atoms with Gasteiger partial charge in [0.05, 0.1) is 26.4 Å². The molecule has 32 heavy (non-hydrogen) atoms. The standard InChI is InChI=1S/C26H40O5Si/c1-9-30-25(27)13-11-10-12-21(2)24(31-32(7,8)26(3,4)5)18-19-29-20-22-14-16-23(28-6)17-15-22/h10,12,14-17,21,24H,9,18-20H2,1-8H3/b12-10+/t21-,24+/m1/s1. The minimum atomic E-state index is -1.96. The summed E-state index contributed by atoms with van der Waals surface area (Å²) in [5.74, 6) is 5.68. The number of benzene rings is 1. The Morgan fingerprint density at radius 3 is 2.41 bits per heavy atom. The fourth-order valence-electron chi connectivity index (χ4n) is 2.69. The van der Waals surface area contributed by atoms with Crippen LogP contribution in [0.5, 0.6) is 5.75 Å². The molecule has 0 radical (unpaired) electrons. The lowest BCUT2D eigenvalue weighted by Crippen LogP contribution is -2.45. The van der Waals surface area contributed by atoms with Crippen molar-refractivity contribution in [2.75, 3.05) is 20.3 Å². The Morgan fingerprint density at radius 2 is 1.84 bits per heavy atom. The maximum absolute atomic E-state index is 11.4. The van der Waals surface area contributed by atoms with E-state index in [4.69, 9.17) is 18.6 Å². The third kappa shape index (κ3) is 10.0. The Morgan fingerprint density at radius 1 is 1.19 bits per heavy atom. The Labute approximate surface area is 195 Å². The summed E-state index contributed by atoms with van der Waals surface area (Å²) in [6.45, 7) is 16.6. The third-order valence-corrected chi connectivity index (χ3v) is 10.3. The van der Waals surface area contributed by atoms with Crippen molar-refractivity contribution in [2.45, 2.75) is 71.9 Å². The van der Waals surface area contributed by atoms with Crippen molar-refractivity contribution in [3.63, 3.8) is 0 Å². The van der Waals surface area contributed by atoms with Gasteiger partial charge in [0, 0.05) is 12.5 Å². The molecule has 0 N–H and O–H groups in total. The van der Waals surface area contributed by atoms with Gasteiger partial charge in [-0.15, -0.1) is 0 Å². The van der Waals surface area contributed by atoms with E-state index in [1.54, 1.807) is 20.1 Å². The monoisotopic (exact) mass is 460 g/mol. The average Bonchev–Trinajstić information content (AvgIpc) is 2.73. The van der Waals surface area contributed by atoms with Crippen LogP contribution in [0.15, 0.2) is 36.4 Å². The number of esters is 1. The molecule has 0 aliphatic carbocycles. The van der Waals surface area contributed by atoms with Crippen molar-refractivity contribution in [1.29, 1.82) is 0 Å². The molecule has 6 heteroatoms. The van der Waals surface area contributed by atoms with Gasteiger partial charge in [0.25, 0.3) is 0 Å². The van der Waals surface area contributed by atoms with Gasteiger partial charge in [-0.05, 0) is 61.2 Å². The summed E-state index contributed by atoms with van der Waals surface area (Å²) in [5.41, 5.74) is 1.11. The highest BCUT2D eigenvalue weighted by Gasteiger charge is 2.39. The summed E-state index contributed by atoms with van der Waals surface area (Å²) < 4.78 is 22.7. The summed E-state index contributed by atoms with van der Waals surface area (Å²) in [6, 6.07) is 7.89. The van der Waals surface area contributed by atoms with Crippen molar-refractivity contribution < 1.29 is 23.4 Å². The van der Waals surface area contributed by atoms with E-state index in [0.717, 1.165) is 17.7 Å². The number of ether oxygens (including phenoxy) is 3. The van der Waals surface area contributed by atoms with E-state index < -0.39 is 14.3 Å². The SMILES string of the molecule is CCOC(=O)C#C/C=C/[C@@H](C)[C@H](CCOCc1ccc(OC)cc1)O[Si](C)(C)C(C)(C)C. The highest BCUT2D eigenvalue weighted by molar-refractivity contribution is 6.74. The van der Waals surface area contributed by atoms with E-state index in [0.29, 0.717) is 19.8 Å². The van der Waals surface area contributed by atoms with E-state index in [1.165, 1.54) is 0 Å². The highest BCUT2D eigenvalue weighted by atomic mass is 28.4. The molecule has 0 saturated heterocycles. The first-order chi connectivity index (χ1) is 15.0. The predicted octanol–water partition coefficient (Wildman–Crippen LogP) is 5.75. The second-order valence-electron chi connectivity index (χ2n) is 9.31. The lowest BCUT2D eigenvalue weighted by molar-refractivity contribution is -0.136. The van der Waals surface area contributed by atoms with Gasteiger partial charge in [-0.1, -0.05) is 51.8 Å². The number of hydrogen-bond donors (Lipinski definition) is 0. The first-order valence-electron chi connectivity index (χ1n) is 11.2. The van der Waals surface area contributed by atoms with Crippen LogP contribution in [0.4, 0.5) is 0 Å². The minimum Gasteiger partial charge on any atom is -0.497 e. The number of carbonyl (C=O) groups excluding carboxylic acids is 1. The Balaban J connectivity index is 2.75. The molecule has 0 heterocycles. The Hall–Kier alpha value is -2.07. The number of hydrogen-bond acceptors (Lipinski definition) is 5. The molecular formula is C26H40O5Si. The molecule has 178 valence electrons. The molecule has 0 fully saturated rings. The van der Waals surface area contributed by atoms with Gasteiger partial charge < -0.3 is 18.6 Å². The van der Waals surface area contributed by atoms with Crippen LogP contribution < -0.4 is 4.74 Å². The van der Waals surface area contributed by atoms with Gasteiger partial charge in [0.15, 0.2) is 8.32 Å². The van der Waals surface area contributed by atoms with Gasteiger partial charge >= 0.3 is 5.97 Å². The van der Waals surface area contributed by atoms with Crippen LogP contribution in [0.25, 0.3) is 0 Å². The number of carbonyl (C=O) groups is 1. The molecule has 2 atom stereocenters. The molecule has 0 aromatic heterocycles. The summed E-state index contributed by atoms with van der Waals surface area (Å²) in [4.78, 5) is 11.4. The second-order valence-corrected chi connectivity index (χ2v) is 14.1. The highest BCUT2D eigenvalue weighted by Crippen LogP contribution is 2.38. The van der Waals surface area contributed by atoms with Crippen molar-refractivity contribution in [3.8, 4) is 17.6 Å². The van der Waals surface area contributed by atoms with Gasteiger partial charge in [-0.3, -0.25) is 0 Å². The summed E-state index contributed by atoms with van der Waals surface area (Å²) in [6.07, 6.45) is 4.49. The summed E-state index contributed by atoms with van der Waals surface area (Å²) >= 11 is 0. The predicted molar refractivity (Wildman–Crippen MR) is 132 cm³/mol. The second kappa shape index (κ2) is 13.5. The fraction of sp³-hybridized carbons (Fsp3) is 0.577. The van der Waals surface area contributed by atoms with Crippen molar-refractivity contribution >= 4 is 14.3 Å². The lowest BCUT2D eigenvalue weighted by Gasteiger charge is -2.40. The first kappa shape index (κ1) is 28.0. The molecule has 1 rings (SSSR count). The summed E-state index contributed by atoms with van der Waals surface area (Å²) in [7, 11) is -0.296. The van der Waals surface area contributed by atoms with Gasteiger partial charge in [-0.2, -0.15) is 0 Å². The van der Waals surface area contributed by atoms with Crippen LogP contribution in [0, 0.1) is 17.8 Å². The van der Waals surface area contributed by atoms with Gasteiger partial charge in [-0.25, -0.2) is 4.79 Å². The van der Waals surface area contributed by atoms with E-state index in [1.807, 2.05) is 30.3 Å². The third-order valence-electron chi connectivity index (χ3n) is 5.75. The zero-order valence-electron chi connectivity index (χ0n) is 21.0. The molecule has 1 aromatic carbocycles. The molecule has 0 unspecified atom stereocenters. The number of methoxy groups -OCH3 is 1. The van der Waals surface area contributed by atoms with Crippen molar-refractivity contribution in [3.05, 3.63) is 42.0 Å². The topological polar surface area (TPSA) is 54.0 Å².